The van der Waals surface area contributed by atoms with E-state index in [-0.39, 0.29) is 5.91 Å². The summed E-state index contributed by atoms with van der Waals surface area (Å²) in [5, 5.41) is 1.14. The number of aromatic nitrogens is 3. The van der Waals surface area contributed by atoms with E-state index in [1.54, 1.807) is 24.7 Å². The summed E-state index contributed by atoms with van der Waals surface area (Å²) >= 11 is 3.16. The minimum atomic E-state index is -0.0122. The summed E-state index contributed by atoms with van der Waals surface area (Å²) in [5.74, 6) is 0.536. The maximum Gasteiger partial charge on any atom is 0.270 e. The summed E-state index contributed by atoms with van der Waals surface area (Å²) in [6.07, 6.45) is 5.94. The zero-order chi connectivity index (χ0) is 17.2. The largest absolute Gasteiger partial charge is 0.306 e. The van der Waals surface area contributed by atoms with Crippen LogP contribution in [-0.2, 0) is 0 Å². The molecule has 1 aliphatic heterocycles. The monoisotopic (exact) mass is 368 g/mol. The summed E-state index contributed by atoms with van der Waals surface area (Å²) in [4.78, 5) is 29.5. The van der Waals surface area contributed by atoms with Crippen molar-refractivity contribution in [1.82, 2.24) is 15.0 Å². The molecule has 0 unspecified atom stereocenters. The van der Waals surface area contributed by atoms with Gasteiger partial charge in [0.15, 0.2) is 10.8 Å². The lowest BCUT2D eigenvalue weighted by atomic mass is 10.2. The second-order valence-electron chi connectivity index (χ2n) is 5.74. The number of rotatable bonds is 2. The van der Waals surface area contributed by atoms with Crippen molar-refractivity contribution in [3.05, 3.63) is 53.8 Å². The number of amides is 1. The van der Waals surface area contributed by atoms with Gasteiger partial charge in [0, 0.05) is 29.1 Å². The highest BCUT2D eigenvalue weighted by atomic mass is 32.2. The van der Waals surface area contributed by atoms with Crippen LogP contribution in [0.4, 0.5) is 5.69 Å². The predicted octanol–water partition coefficient (Wildman–Crippen LogP) is 4.13. The molecule has 0 bridgehead atoms. The third kappa shape index (κ3) is 3.29. The van der Waals surface area contributed by atoms with E-state index in [2.05, 4.69) is 27.9 Å². The van der Waals surface area contributed by atoms with Crippen molar-refractivity contribution in [2.24, 2.45) is 0 Å². The van der Waals surface area contributed by atoms with Crippen molar-refractivity contribution in [1.29, 1.82) is 0 Å². The van der Waals surface area contributed by atoms with Crippen LogP contribution in [0.25, 0.3) is 10.8 Å². The van der Waals surface area contributed by atoms with Crippen molar-refractivity contribution in [3.8, 4) is 10.8 Å². The van der Waals surface area contributed by atoms with Gasteiger partial charge in [-0.2, -0.15) is 0 Å². The Hall–Kier alpha value is -2.25. The Bertz CT molecular complexity index is 897. The number of thiazole rings is 1. The Labute approximate surface area is 154 Å². The molecule has 1 aliphatic rings. The number of hydrogen-bond donors (Lipinski definition) is 0. The standard InChI is InChI=1S/C18H16N4OS2/c1-12-7-10-22(13-5-2-3-6-14(13)24-12)18(23)15-11-21-17(25-15)16-19-8-4-9-20-16/h2-6,8-9,11-12H,7,10H2,1H3/t12-/m1/s1. The van der Waals surface area contributed by atoms with Crippen LogP contribution in [0.3, 0.4) is 0 Å². The van der Waals surface area contributed by atoms with Gasteiger partial charge in [0.25, 0.3) is 5.91 Å². The highest BCUT2D eigenvalue weighted by Crippen LogP contribution is 2.38. The molecule has 0 spiro atoms. The fourth-order valence-corrected chi connectivity index (χ4v) is 4.64. The first kappa shape index (κ1) is 16.2. The molecule has 25 heavy (non-hydrogen) atoms. The van der Waals surface area contributed by atoms with Crippen molar-refractivity contribution < 1.29 is 4.79 Å². The Balaban J connectivity index is 1.66. The molecule has 1 amide bonds. The molecule has 5 nitrogen and oxygen atoms in total. The Morgan fingerprint density at radius 2 is 1.96 bits per heavy atom. The molecule has 0 radical (unpaired) electrons. The molecule has 1 atom stereocenters. The van der Waals surface area contributed by atoms with Gasteiger partial charge in [0.05, 0.1) is 11.9 Å². The fraction of sp³-hybridized carbons (Fsp3) is 0.222. The highest BCUT2D eigenvalue weighted by Gasteiger charge is 2.26. The summed E-state index contributed by atoms with van der Waals surface area (Å²) in [5.41, 5.74) is 0.979. The zero-order valence-corrected chi connectivity index (χ0v) is 15.3. The lowest BCUT2D eigenvalue weighted by Crippen LogP contribution is -2.31. The summed E-state index contributed by atoms with van der Waals surface area (Å²) in [6.45, 7) is 2.91. The summed E-state index contributed by atoms with van der Waals surface area (Å²) in [7, 11) is 0. The highest BCUT2D eigenvalue weighted by molar-refractivity contribution is 8.00. The van der Waals surface area contributed by atoms with Crippen LogP contribution in [-0.4, -0.2) is 32.7 Å². The average Bonchev–Trinajstić information content (AvgIpc) is 3.07. The number of anilines is 1. The Morgan fingerprint density at radius 1 is 1.16 bits per heavy atom. The third-order valence-electron chi connectivity index (χ3n) is 3.96. The number of thioether (sulfide) groups is 1. The summed E-state index contributed by atoms with van der Waals surface area (Å²) < 4.78 is 0. The topological polar surface area (TPSA) is 59.0 Å². The van der Waals surface area contributed by atoms with Gasteiger partial charge in [-0.25, -0.2) is 15.0 Å². The lowest BCUT2D eigenvalue weighted by molar-refractivity contribution is 0.0990. The summed E-state index contributed by atoms with van der Waals surface area (Å²) in [6, 6.07) is 9.85. The van der Waals surface area contributed by atoms with Crippen molar-refractivity contribution in [3.63, 3.8) is 0 Å². The van der Waals surface area contributed by atoms with Gasteiger partial charge in [-0.05, 0) is 24.6 Å². The number of hydrogen-bond acceptors (Lipinski definition) is 6. The van der Waals surface area contributed by atoms with Gasteiger partial charge in [0.1, 0.15) is 4.88 Å². The van der Waals surface area contributed by atoms with Crippen molar-refractivity contribution in [2.45, 2.75) is 23.5 Å². The number of para-hydroxylation sites is 1. The molecule has 3 heterocycles. The molecule has 0 fully saturated rings. The van der Waals surface area contributed by atoms with Crippen LogP contribution >= 0.6 is 23.1 Å². The number of carbonyl (C=O) groups is 1. The van der Waals surface area contributed by atoms with Gasteiger partial charge < -0.3 is 4.90 Å². The number of benzene rings is 1. The van der Waals surface area contributed by atoms with Gasteiger partial charge in [-0.3, -0.25) is 4.79 Å². The molecule has 7 heteroatoms. The van der Waals surface area contributed by atoms with E-state index in [0.29, 0.717) is 27.5 Å². The maximum absolute atomic E-state index is 13.1. The fourth-order valence-electron chi connectivity index (χ4n) is 2.72. The minimum Gasteiger partial charge on any atom is -0.306 e. The third-order valence-corrected chi connectivity index (χ3v) is 6.18. The molecule has 3 aromatic rings. The molecule has 0 N–H and O–H groups in total. The number of fused-ring (bicyclic) bond motifs is 1. The first-order valence-corrected chi connectivity index (χ1v) is 9.73. The van der Waals surface area contributed by atoms with E-state index in [0.717, 1.165) is 17.0 Å². The van der Waals surface area contributed by atoms with Crippen molar-refractivity contribution in [2.75, 3.05) is 11.4 Å². The zero-order valence-electron chi connectivity index (χ0n) is 13.6. The van der Waals surface area contributed by atoms with E-state index in [1.165, 1.54) is 11.3 Å². The molecule has 1 aromatic carbocycles. The van der Waals surface area contributed by atoms with Crippen LogP contribution in [0, 0.1) is 0 Å². The van der Waals surface area contributed by atoms with Crippen LogP contribution in [0.1, 0.15) is 23.0 Å². The quantitative estimate of drug-likeness (QED) is 0.681. The van der Waals surface area contributed by atoms with Gasteiger partial charge in [-0.15, -0.1) is 23.1 Å². The van der Waals surface area contributed by atoms with Gasteiger partial charge in [-0.1, -0.05) is 19.1 Å². The van der Waals surface area contributed by atoms with Crippen LogP contribution < -0.4 is 4.90 Å². The Kier molecular flexibility index (Phi) is 4.50. The van der Waals surface area contributed by atoms with E-state index in [1.807, 2.05) is 34.9 Å². The molecule has 0 saturated heterocycles. The lowest BCUT2D eigenvalue weighted by Gasteiger charge is -2.21. The molecular formula is C18H16N4OS2. The molecule has 2 aromatic heterocycles. The maximum atomic E-state index is 13.1. The first-order chi connectivity index (χ1) is 12.2. The van der Waals surface area contributed by atoms with Crippen LogP contribution in [0.2, 0.25) is 0 Å². The van der Waals surface area contributed by atoms with E-state index in [4.69, 9.17) is 0 Å². The predicted molar refractivity (Wildman–Crippen MR) is 101 cm³/mol. The van der Waals surface area contributed by atoms with E-state index < -0.39 is 0 Å². The van der Waals surface area contributed by atoms with Gasteiger partial charge >= 0.3 is 0 Å². The second kappa shape index (κ2) is 6.93. The molecule has 4 rings (SSSR count). The molecular weight excluding hydrogens is 352 g/mol. The normalized spacial score (nSPS) is 17.0. The SMILES string of the molecule is C[C@@H]1CCN(C(=O)c2cnc(-c3ncccn3)s2)c2ccccc2S1. The Morgan fingerprint density at radius 3 is 2.80 bits per heavy atom. The van der Waals surface area contributed by atoms with Crippen LogP contribution in [0.15, 0.2) is 53.8 Å². The van der Waals surface area contributed by atoms with E-state index >= 15 is 0 Å². The first-order valence-electron chi connectivity index (χ1n) is 8.03. The number of nitrogens with zero attached hydrogens (tertiary/aromatic N) is 4. The minimum absolute atomic E-state index is 0.0122. The van der Waals surface area contributed by atoms with E-state index in [9.17, 15) is 4.79 Å². The molecule has 0 aliphatic carbocycles. The van der Waals surface area contributed by atoms with Crippen molar-refractivity contribution >= 4 is 34.7 Å². The molecule has 126 valence electrons. The van der Waals surface area contributed by atoms with Crippen LogP contribution in [0.5, 0.6) is 0 Å². The smallest absolute Gasteiger partial charge is 0.270 e. The van der Waals surface area contributed by atoms with Gasteiger partial charge in [0.2, 0.25) is 0 Å². The average molecular weight is 368 g/mol. The molecule has 0 saturated carbocycles. The number of carbonyl (C=O) groups excluding carboxylic acids is 1. The second-order valence-corrected chi connectivity index (χ2v) is 8.25.